The van der Waals surface area contributed by atoms with Gasteiger partial charge in [-0.15, -0.1) is 10.2 Å². The first-order valence-electron chi connectivity index (χ1n) is 8.02. The number of tetrazole rings is 1. The number of halogens is 1. The van der Waals surface area contributed by atoms with Gasteiger partial charge in [-0.05, 0) is 35.5 Å². The van der Waals surface area contributed by atoms with Crippen molar-refractivity contribution in [1.29, 1.82) is 0 Å². The van der Waals surface area contributed by atoms with Crippen LogP contribution in [0.1, 0.15) is 30.0 Å². The molecule has 0 aliphatic carbocycles. The van der Waals surface area contributed by atoms with Gasteiger partial charge in [-0.3, -0.25) is 10.1 Å². The fourth-order valence-electron chi connectivity index (χ4n) is 2.94. The Balaban J connectivity index is 1.77. The molecule has 0 spiro atoms. The van der Waals surface area contributed by atoms with E-state index < -0.39 is 0 Å². The molecule has 1 aliphatic heterocycles. The molecule has 4 rings (SSSR count). The topological polar surface area (TPSA) is 113 Å². The zero-order chi connectivity index (χ0) is 18.1. The van der Waals surface area contributed by atoms with Crippen LogP contribution in [-0.4, -0.2) is 47.8 Å². The van der Waals surface area contributed by atoms with Crippen molar-refractivity contribution in [2.75, 3.05) is 6.61 Å². The van der Waals surface area contributed by atoms with E-state index in [4.69, 9.17) is 4.74 Å². The summed E-state index contributed by atoms with van der Waals surface area (Å²) in [5, 5.41) is 23.4. The van der Waals surface area contributed by atoms with Crippen molar-refractivity contribution in [3.05, 3.63) is 46.0 Å². The average molecular weight is 419 g/mol. The predicted octanol–water partition coefficient (Wildman–Crippen LogP) is 0.772. The summed E-state index contributed by atoms with van der Waals surface area (Å²) in [6.45, 7) is 2.54. The molecular weight excluding hydrogens is 404 g/mol. The number of benzene rings is 1. The molecule has 0 fully saturated rings. The van der Waals surface area contributed by atoms with Gasteiger partial charge in [-0.25, -0.2) is 9.36 Å². The van der Waals surface area contributed by atoms with Crippen LogP contribution in [0.3, 0.4) is 0 Å². The van der Waals surface area contributed by atoms with E-state index in [0.29, 0.717) is 19.0 Å². The standard InChI is InChI=1S/C15H15BrN8O2/c1-2-26-13(25)8-23-15(19-20-22-23)14-11-5-9(16)3-4-12(11)24-10(6-17-14)7-18-21-24/h3-5,7,14,17H,2,6,8H2,1H3. The van der Waals surface area contributed by atoms with Crippen LogP contribution < -0.4 is 5.32 Å². The molecule has 1 atom stereocenters. The molecule has 11 heteroatoms. The number of esters is 1. The fraction of sp³-hybridized carbons (Fsp3) is 0.333. The molecule has 1 unspecified atom stereocenters. The molecule has 0 amide bonds. The van der Waals surface area contributed by atoms with Crippen molar-refractivity contribution in [2.24, 2.45) is 0 Å². The monoisotopic (exact) mass is 418 g/mol. The second kappa shape index (κ2) is 6.92. The number of rotatable bonds is 4. The van der Waals surface area contributed by atoms with Crippen LogP contribution in [0, 0.1) is 0 Å². The summed E-state index contributed by atoms with van der Waals surface area (Å²) in [7, 11) is 0. The summed E-state index contributed by atoms with van der Waals surface area (Å²) in [6.07, 6.45) is 1.71. The minimum Gasteiger partial charge on any atom is -0.465 e. The number of nitrogens with zero attached hydrogens (tertiary/aromatic N) is 7. The summed E-state index contributed by atoms with van der Waals surface area (Å²) < 4.78 is 9.15. The Morgan fingerprint density at radius 1 is 1.42 bits per heavy atom. The maximum Gasteiger partial charge on any atom is 0.327 e. The van der Waals surface area contributed by atoms with Crippen LogP contribution in [0.15, 0.2) is 28.9 Å². The van der Waals surface area contributed by atoms with Crippen molar-refractivity contribution in [1.82, 2.24) is 40.5 Å². The minimum absolute atomic E-state index is 0.0518. The quantitative estimate of drug-likeness (QED) is 0.618. The minimum atomic E-state index is -0.388. The molecule has 3 heterocycles. The molecule has 0 saturated heterocycles. The summed E-state index contributed by atoms with van der Waals surface area (Å²) in [5.74, 6) is 0.136. The Morgan fingerprint density at radius 2 is 2.31 bits per heavy atom. The third kappa shape index (κ3) is 2.99. The fourth-order valence-corrected chi connectivity index (χ4v) is 3.31. The molecule has 3 aromatic rings. The number of carbonyl (C=O) groups excluding carboxylic acids is 1. The van der Waals surface area contributed by atoms with Crippen molar-refractivity contribution < 1.29 is 9.53 Å². The van der Waals surface area contributed by atoms with E-state index in [9.17, 15) is 4.79 Å². The lowest BCUT2D eigenvalue weighted by Crippen LogP contribution is -2.26. The van der Waals surface area contributed by atoms with Gasteiger partial charge in [0.15, 0.2) is 5.82 Å². The summed E-state index contributed by atoms with van der Waals surface area (Å²) in [5.41, 5.74) is 2.71. The first-order valence-corrected chi connectivity index (χ1v) is 8.81. The van der Waals surface area contributed by atoms with E-state index in [0.717, 1.165) is 21.4 Å². The van der Waals surface area contributed by atoms with Gasteiger partial charge in [-0.2, -0.15) is 0 Å². The number of aromatic nitrogens is 7. The highest BCUT2D eigenvalue weighted by Gasteiger charge is 2.29. The van der Waals surface area contributed by atoms with E-state index >= 15 is 0 Å². The highest BCUT2D eigenvalue weighted by Crippen LogP contribution is 2.31. The number of fused-ring (bicyclic) bond motifs is 3. The van der Waals surface area contributed by atoms with Crippen molar-refractivity contribution in [2.45, 2.75) is 26.1 Å². The van der Waals surface area contributed by atoms with E-state index in [2.05, 4.69) is 47.1 Å². The van der Waals surface area contributed by atoms with Gasteiger partial charge < -0.3 is 4.74 Å². The lowest BCUT2D eigenvalue weighted by atomic mass is 10.0. The first kappa shape index (κ1) is 16.8. The molecule has 26 heavy (non-hydrogen) atoms. The van der Waals surface area contributed by atoms with E-state index in [1.54, 1.807) is 17.8 Å². The first-order chi connectivity index (χ1) is 12.7. The predicted molar refractivity (Wildman–Crippen MR) is 92.2 cm³/mol. The van der Waals surface area contributed by atoms with E-state index in [-0.39, 0.29) is 18.6 Å². The molecule has 2 aromatic heterocycles. The largest absolute Gasteiger partial charge is 0.465 e. The molecule has 0 saturated carbocycles. The summed E-state index contributed by atoms with van der Waals surface area (Å²) >= 11 is 3.51. The average Bonchev–Trinajstić information content (AvgIpc) is 3.23. The van der Waals surface area contributed by atoms with Crippen LogP contribution in [0.4, 0.5) is 0 Å². The van der Waals surface area contributed by atoms with Gasteiger partial charge in [0.2, 0.25) is 0 Å². The maximum absolute atomic E-state index is 11.9. The SMILES string of the molecule is CCOC(=O)Cn1nnnc1C1NCc2cnnn2-c2ccc(Br)cc21. The Kier molecular flexibility index (Phi) is 4.47. The number of ether oxygens (including phenoxy) is 1. The Hall–Kier alpha value is -2.66. The van der Waals surface area contributed by atoms with Gasteiger partial charge in [0.25, 0.3) is 0 Å². The number of carbonyl (C=O) groups is 1. The smallest absolute Gasteiger partial charge is 0.327 e. The summed E-state index contributed by atoms with van der Waals surface area (Å²) in [4.78, 5) is 11.9. The van der Waals surface area contributed by atoms with Crippen LogP contribution >= 0.6 is 15.9 Å². The van der Waals surface area contributed by atoms with Crippen LogP contribution in [-0.2, 0) is 22.6 Å². The Labute approximate surface area is 156 Å². The van der Waals surface area contributed by atoms with Gasteiger partial charge in [0, 0.05) is 16.6 Å². The Morgan fingerprint density at radius 3 is 3.15 bits per heavy atom. The normalized spacial score (nSPS) is 15.8. The van der Waals surface area contributed by atoms with Crippen LogP contribution in [0.5, 0.6) is 0 Å². The molecule has 1 N–H and O–H groups in total. The number of hydrogen-bond acceptors (Lipinski definition) is 8. The van der Waals surface area contributed by atoms with Crippen molar-refractivity contribution >= 4 is 21.9 Å². The zero-order valence-corrected chi connectivity index (χ0v) is 15.4. The molecule has 1 aliphatic rings. The van der Waals surface area contributed by atoms with Crippen LogP contribution in [0.2, 0.25) is 0 Å². The highest BCUT2D eigenvalue weighted by atomic mass is 79.9. The molecule has 0 bridgehead atoms. The van der Waals surface area contributed by atoms with Gasteiger partial charge >= 0.3 is 5.97 Å². The maximum atomic E-state index is 11.9. The molecular formula is C15H15BrN8O2. The van der Waals surface area contributed by atoms with Crippen molar-refractivity contribution in [3.63, 3.8) is 0 Å². The van der Waals surface area contributed by atoms with E-state index in [1.165, 1.54) is 4.68 Å². The third-order valence-corrected chi connectivity index (χ3v) is 4.53. The Bertz CT molecular complexity index is 953. The molecule has 1 aromatic carbocycles. The summed E-state index contributed by atoms with van der Waals surface area (Å²) in [6, 6.07) is 5.55. The molecule has 134 valence electrons. The second-order valence-corrected chi connectivity index (χ2v) is 6.57. The van der Waals surface area contributed by atoms with Gasteiger partial charge in [-0.1, -0.05) is 21.1 Å². The highest BCUT2D eigenvalue weighted by molar-refractivity contribution is 9.10. The lowest BCUT2D eigenvalue weighted by Gasteiger charge is -2.18. The number of hydrogen-bond donors (Lipinski definition) is 1. The number of nitrogens with one attached hydrogen (secondary N) is 1. The lowest BCUT2D eigenvalue weighted by molar-refractivity contribution is -0.144. The third-order valence-electron chi connectivity index (χ3n) is 4.04. The van der Waals surface area contributed by atoms with Gasteiger partial charge in [0.05, 0.1) is 30.2 Å². The second-order valence-electron chi connectivity index (χ2n) is 5.65. The molecule has 0 radical (unpaired) electrons. The van der Waals surface area contributed by atoms with Gasteiger partial charge in [0.1, 0.15) is 6.54 Å². The zero-order valence-electron chi connectivity index (χ0n) is 13.8. The molecule has 10 nitrogen and oxygen atoms in total. The van der Waals surface area contributed by atoms with E-state index in [1.807, 2.05) is 18.2 Å². The van der Waals surface area contributed by atoms with Crippen molar-refractivity contribution in [3.8, 4) is 5.69 Å². The van der Waals surface area contributed by atoms with Crippen LogP contribution in [0.25, 0.3) is 5.69 Å².